The zero-order chi connectivity index (χ0) is 21.6. The Labute approximate surface area is 191 Å². The fourth-order valence-electron chi connectivity index (χ4n) is 6.13. The van der Waals surface area contributed by atoms with E-state index in [1.807, 2.05) is 12.1 Å². The van der Waals surface area contributed by atoms with E-state index in [9.17, 15) is 0 Å². The number of benzene rings is 2. The second kappa shape index (κ2) is 10.6. The molecule has 0 radical (unpaired) electrons. The van der Waals surface area contributed by atoms with E-state index in [-0.39, 0.29) is 0 Å². The van der Waals surface area contributed by atoms with E-state index >= 15 is 0 Å². The molecule has 4 rings (SSSR count). The third kappa shape index (κ3) is 5.89. The van der Waals surface area contributed by atoms with Gasteiger partial charge in [0.25, 0.3) is 0 Å². The minimum atomic E-state index is -0.530. The van der Waals surface area contributed by atoms with Crippen LogP contribution >= 0.6 is 0 Å². The van der Waals surface area contributed by atoms with Gasteiger partial charge in [0.1, 0.15) is 0 Å². The zero-order valence-corrected chi connectivity index (χ0v) is 20.7. The van der Waals surface area contributed by atoms with E-state index in [2.05, 4.69) is 56.3 Å². The predicted octanol–water partition coefficient (Wildman–Crippen LogP) is 8.33. The summed E-state index contributed by atoms with van der Waals surface area (Å²) in [5.74, 6) is 2.69. The maximum Gasteiger partial charge on any atom is 0.0991 e. The van der Waals surface area contributed by atoms with Gasteiger partial charge < -0.3 is 0 Å². The van der Waals surface area contributed by atoms with Gasteiger partial charge >= 0.3 is 0 Å². The highest BCUT2D eigenvalue weighted by molar-refractivity contribution is 6.60. The molecule has 164 valence electrons. The summed E-state index contributed by atoms with van der Waals surface area (Å²) in [7, 11) is -0.530. The Balaban J connectivity index is 1.26. The lowest BCUT2D eigenvalue weighted by molar-refractivity contribution is 0.313. The van der Waals surface area contributed by atoms with Crippen molar-refractivity contribution in [2.45, 2.75) is 88.8 Å². The van der Waals surface area contributed by atoms with Crippen molar-refractivity contribution >= 4 is 8.80 Å². The Morgan fingerprint density at radius 3 is 1.97 bits per heavy atom. The first kappa shape index (κ1) is 22.3. The molecule has 2 aromatic rings. The molecule has 0 spiro atoms. The van der Waals surface area contributed by atoms with Crippen LogP contribution in [0.5, 0.6) is 0 Å². The maximum absolute atomic E-state index is 8.99. The summed E-state index contributed by atoms with van der Waals surface area (Å²) in [6.45, 7) is 4.75. The Morgan fingerprint density at radius 1 is 0.839 bits per heavy atom. The van der Waals surface area contributed by atoms with E-state index < -0.39 is 8.80 Å². The van der Waals surface area contributed by atoms with Crippen molar-refractivity contribution in [1.29, 1.82) is 5.26 Å². The number of hydrogen-bond acceptors (Lipinski definition) is 1. The van der Waals surface area contributed by atoms with Crippen LogP contribution in [0.3, 0.4) is 0 Å². The second-order valence-electron chi connectivity index (χ2n) is 10.7. The van der Waals surface area contributed by atoms with Crippen LogP contribution < -0.4 is 0 Å². The van der Waals surface area contributed by atoms with E-state index in [4.69, 9.17) is 5.26 Å². The van der Waals surface area contributed by atoms with Crippen molar-refractivity contribution in [3.8, 4) is 17.2 Å². The van der Waals surface area contributed by atoms with Crippen molar-refractivity contribution in [1.82, 2.24) is 0 Å². The lowest BCUT2D eigenvalue weighted by Gasteiger charge is -2.37. The van der Waals surface area contributed by atoms with Gasteiger partial charge in [0.2, 0.25) is 0 Å². The monoisotopic (exact) mass is 429 g/mol. The molecule has 0 N–H and O–H groups in total. The van der Waals surface area contributed by atoms with Crippen molar-refractivity contribution in [2.24, 2.45) is 11.8 Å². The van der Waals surface area contributed by atoms with Crippen LogP contribution in [-0.4, -0.2) is 8.80 Å². The molecule has 1 heterocycles. The Hall–Kier alpha value is -1.85. The highest BCUT2D eigenvalue weighted by Gasteiger charge is 2.32. The van der Waals surface area contributed by atoms with Gasteiger partial charge in [-0.2, -0.15) is 5.26 Å². The molecule has 2 fully saturated rings. The normalized spacial score (nSPS) is 26.5. The molecule has 0 amide bonds. The van der Waals surface area contributed by atoms with Gasteiger partial charge in [-0.25, -0.2) is 0 Å². The first-order chi connectivity index (χ1) is 15.1. The van der Waals surface area contributed by atoms with Crippen LogP contribution in [0.4, 0.5) is 0 Å². The van der Waals surface area contributed by atoms with E-state index in [0.717, 1.165) is 28.9 Å². The van der Waals surface area contributed by atoms with Gasteiger partial charge in [-0.15, -0.1) is 0 Å². The van der Waals surface area contributed by atoms with Gasteiger partial charge in [0, 0.05) is 8.80 Å². The highest BCUT2D eigenvalue weighted by Crippen LogP contribution is 2.44. The average molecular weight is 430 g/mol. The summed E-state index contributed by atoms with van der Waals surface area (Å²) < 4.78 is 0. The fourth-order valence-corrected chi connectivity index (χ4v) is 10.3. The lowest BCUT2D eigenvalue weighted by atomic mass is 9.84. The molecule has 1 saturated heterocycles. The molecule has 0 aromatic heterocycles. The quantitative estimate of drug-likeness (QED) is 0.423. The topological polar surface area (TPSA) is 23.8 Å². The molecule has 0 unspecified atom stereocenters. The molecule has 1 aliphatic heterocycles. The average Bonchev–Trinajstić information content (AvgIpc) is 2.83. The smallest absolute Gasteiger partial charge is 0.0991 e. The molecule has 2 aromatic carbocycles. The van der Waals surface area contributed by atoms with Crippen molar-refractivity contribution in [3.63, 3.8) is 0 Å². The van der Waals surface area contributed by atoms with Crippen LogP contribution in [-0.2, 0) is 0 Å². The second-order valence-corrected chi connectivity index (χ2v) is 14.3. The Kier molecular flexibility index (Phi) is 7.67. The molecule has 0 atom stereocenters. The van der Waals surface area contributed by atoms with Crippen LogP contribution in [0.25, 0.3) is 11.1 Å². The summed E-state index contributed by atoms with van der Waals surface area (Å²) in [5, 5.41) is 8.99. The van der Waals surface area contributed by atoms with Crippen LogP contribution in [0, 0.1) is 23.2 Å². The highest BCUT2D eigenvalue weighted by atomic mass is 28.3. The van der Waals surface area contributed by atoms with Crippen LogP contribution in [0.1, 0.15) is 82.3 Å². The van der Waals surface area contributed by atoms with Gasteiger partial charge in [-0.05, 0) is 65.0 Å². The first-order valence-electron chi connectivity index (χ1n) is 12.7. The van der Waals surface area contributed by atoms with E-state index in [1.165, 1.54) is 49.7 Å². The summed E-state index contributed by atoms with van der Waals surface area (Å²) in [6.07, 6.45) is 12.0. The third-order valence-corrected chi connectivity index (χ3v) is 12.4. The van der Waals surface area contributed by atoms with Gasteiger partial charge in [-0.1, -0.05) is 101 Å². The molecule has 1 nitrogen and oxygen atoms in total. The molecule has 1 saturated carbocycles. The maximum atomic E-state index is 8.99. The van der Waals surface area contributed by atoms with Crippen LogP contribution in [0.2, 0.25) is 17.6 Å². The van der Waals surface area contributed by atoms with Crippen LogP contribution in [0.15, 0.2) is 48.5 Å². The molecular weight excluding hydrogens is 390 g/mol. The van der Waals surface area contributed by atoms with Crippen molar-refractivity contribution in [3.05, 3.63) is 59.7 Å². The Morgan fingerprint density at radius 2 is 1.42 bits per heavy atom. The first-order valence-corrected chi connectivity index (χ1v) is 15.0. The summed E-state index contributed by atoms with van der Waals surface area (Å²) >= 11 is 0. The number of rotatable bonds is 6. The lowest BCUT2D eigenvalue weighted by Crippen LogP contribution is -2.29. The summed E-state index contributed by atoms with van der Waals surface area (Å²) in [4.78, 5) is 0. The van der Waals surface area contributed by atoms with Crippen molar-refractivity contribution < 1.29 is 0 Å². The summed E-state index contributed by atoms with van der Waals surface area (Å²) in [6, 6.07) is 22.6. The van der Waals surface area contributed by atoms with Gasteiger partial charge in [0.05, 0.1) is 11.6 Å². The third-order valence-electron chi connectivity index (χ3n) is 8.21. The standard InChI is InChI=1S/C29H39NSi/c1-22(2)3-4-23-7-15-29(16-8-23)31-19-17-28(18-20-31)27-13-11-26(12-14-27)25-9-5-24(21-30)6-10-25/h5-6,9-14,22-23,28-29,31H,3-4,7-8,15-20H2,1-2H3. The molecule has 2 heteroatoms. The van der Waals surface area contributed by atoms with Gasteiger partial charge in [-0.3, -0.25) is 0 Å². The Bertz CT molecular complexity index is 845. The van der Waals surface area contributed by atoms with E-state index in [1.54, 1.807) is 30.5 Å². The zero-order valence-electron chi connectivity index (χ0n) is 19.5. The predicted molar refractivity (Wildman–Crippen MR) is 135 cm³/mol. The minimum Gasteiger partial charge on any atom is -0.192 e. The number of hydrogen-bond donors (Lipinski definition) is 0. The molecular formula is C29H39NSi. The van der Waals surface area contributed by atoms with Crippen molar-refractivity contribution in [2.75, 3.05) is 0 Å². The number of nitriles is 1. The van der Waals surface area contributed by atoms with E-state index in [0.29, 0.717) is 0 Å². The molecule has 0 bridgehead atoms. The minimum absolute atomic E-state index is 0.530. The SMILES string of the molecule is CC(C)CCC1CCC([SiH]2CCC(c3ccc(-c4ccc(C#N)cc4)cc3)CC2)CC1. The van der Waals surface area contributed by atoms with Gasteiger partial charge in [0.15, 0.2) is 0 Å². The molecule has 1 aliphatic carbocycles. The summed E-state index contributed by atoms with van der Waals surface area (Å²) in [5.41, 5.74) is 5.87. The largest absolute Gasteiger partial charge is 0.192 e. The number of nitrogens with zero attached hydrogens (tertiary/aromatic N) is 1. The molecule has 31 heavy (non-hydrogen) atoms. The fraction of sp³-hybridized carbons (Fsp3) is 0.552. The molecule has 2 aliphatic rings.